The van der Waals surface area contributed by atoms with Crippen LogP contribution in [0.25, 0.3) is 0 Å². The number of nitrogens with one attached hydrogen (secondary N) is 1. The zero-order valence-corrected chi connectivity index (χ0v) is 47.3. The predicted octanol–water partition coefficient (Wildman–Crippen LogP) is 18.2. The molecule has 3 atom stereocenters. The topological polar surface area (TPSA) is 105 Å². The van der Waals surface area contributed by atoms with Crippen LogP contribution in [0.15, 0.2) is 12.2 Å². The number of likely N-dealkylation sites (N-methyl/N-ethyl adjacent to an activating group) is 1. The number of allylic oxidation sites excluding steroid dienone is 2. The second kappa shape index (κ2) is 51.2. The Bertz CT molecular complexity index is 1120. The summed E-state index contributed by atoms with van der Waals surface area (Å²) in [4.78, 5) is 23.4. The largest absolute Gasteiger partial charge is 0.472 e. The van der Waals surface area contributed by atoms with Gasteiger partial charge < -0.3 is 19.8 Å². The first-order valence-corrected chi connectivity index (χ1v) is 31.5. The van der Waals surface area contributed by atoms with Crippen LogP contribution in [0.2, 0.25) is 0 Å². The monoisotopic (exact) mass is 984 g/mol. The number of unbranched alkanes of at least 4 members (excludes halogenated alkanes) is 41. The summed E-state index contributed by atoms with van der Waals surface area (Å²) in [5, 5.41) is 14.1. The fourth-order valence-electron chi connectivity index (χ4n) is 9.28. The number of phosphoric acid groups is 1. The molecule has 0 saturated carbocycles. The van der Waals surface area contributed by atoms with Crippen LogP contribution >= 0.6 is 7.82 Å². The van der Waals surface area contributed by atoms with Gasteiger partial charge >= 0.3 is 7.82 Å². The number of nitrogens with zero attached hydrogens (tertiary/aromatic N) is 1. The molecule has 0 aromatic heterocycles. The number of aliphatic hydroxyl groups is 1. The van der Waals surface area contributed by atoms with Crippen LogP contribution in [0.5, 0.6) is 0 Å². The molecule has 1 amide bonds. The van der Waals surface area contributed by atoms with E-state index in [4.69, 9.17) is 9.05 Å². The van der Waals surface area contributed by atoms with Gasteiger partial charge in [-0.05, 0) is 38.5 Å². The van der Waals surface area contributed by atoms with Crippen LogP contribution in [0.1, 0.15) is 309 Å². The van der Waals surface area contributed by atoms with Crippen LogP contribution in [-0.4, -0.2) is 73.4 Å². The zero-order valence-electron chi connectivity index (χ0n) is 46.4. The molecule has 0 fully saturated rings. The summed E-state index contributed by atoms with van der Waals surface area (Å²) in [6.45, 7) is 4.94. The van der Waals surface area contributed by atoms with Crippen LogP contribution in [0.3, 0.4) is 0 Å². The van der Waals surface area contributed by atoms with E-state index >= 15 is 0 Å². The molecule has 9 heteroatoms. The molecule has 0 aromatic carbocycles. The van der Waals surface area contributed by atoms with Gasteiger partial charge in [-0.15, -0.1) is 0 Å². The van der Waals surface area contributed by atoms with Gasteiger partial charge in [-0.1, -0.05) is 276 Å². The molecule has 0 spiro atoms. The minimum atomic E-state index is -4.32. The molecule has 0 saturated heterocycles. The second-order valence-electron chi connectivity index (χ2n) is 22.1. The molecule has 0 heterocycles. The SMILES string of the molecule is CCCCCCCCCC/C=C\CCCCCCCCCCCCCCCC(=O)NC(COP(=O)(O)OCC[N+](C)(C)C)C(O)CCCCCCCCCCCCCCCCCCCCCCC. The number of rotatable bonds is 56. The maximum Gasteiger partial charge on any atom is 0.472 e. The molecule has 3 unspecified atom stereocenters. The minimum absolute atomic E-state index is 0.0776. The van der Waals surface area contributed by atoms with Gasteiger partial charge in [-0.25, -0.2) is 4.57 Å². The highest BCUT2D eigenvalue weighted by molar-refractivity contribution is 7.47. The van der Waals surface area contributed by atoms with Crippen LogP contribution < -0.4 is 5.32 Å². The van der Waals surface area contributed by atoms with Crippen molar-refractivity contribution >= 4 is 13.7 Å². The Morgan fingerprint density at radius 2 is 0.794 bits per heavy atom. The van der Waals surface area contributed by atoms with Crippen LogP contribution in [0.4, 0.5) is 0 Å². The summed E-state index contributed by atoms with van der Waals surface area (Å²) in [6, 6.07) is -0.758. The van der Waals surface area contributed by atoms with Crippen molar-refractivity contribution in [2.45, 2.75) is 321 Å². The van der Waals surface area contributed by atoms with E-state index < -0.39 is 20.0 Å². The third-order valence-corrected chi connectivity index (χ3v) is 15.0. The fourth-order valence-corrected chi connectivity index (χ4v) is 10.0. The van der Waals surface area contributed by atoms with E-state index in [0.717, 1.165) is 38.5 Å². The van der Waals surface area contributed by atoms with Gasteiger partial charge in [0, 0.05) is 6.42 Å². The zero-order chi connectivity index (χ0) is 49.9. The predicted molar refractivity (Wildman–Crippen MR) is 295 cm³/mol. The molecule has 406 valence electrons. The third-order valence-electron chi connectivity index (χ3n) is 14.0. The Kier molecular flexibility index (Phi) is 50.6. The quantitative estimate of drug-likeness (QED) is 0.0243. The molecule has 8 nitrogen and oxygen atoms in total. The second-order valence-corrected chi connectivity index (χ2v) is 23.5. The van der Waals surface area contributed by atoms with Gasteiger partial charge in [-0.3, -0.25) is 13.8 Å². The highest BCUT2D eigenvalue weighted by Gasteiger charge is 2.28. The summed E-state index contributed by atoms with van der Waals surface area (Å²) >= 11 is 0. The third kappa shape index (κ3) is 53.0. The molecule has 0 aliphatic rings. The summed E-state index contributed by atoms with van der Waals surface area (Å²) in [6.07, 6.45) is 62.7. The summed E-state index contributed by atoms with van der Waals surface area (Å²) in [7, 11) is 1.63. The fraction of sp³-hybridized carbons (Fsp3) is 0.949. The molecule has 0 aromatic rings. The number of hydrogen-bond acceptors (Lipinski definition) is 5. The first kappa shape index (κ1) is 67.2. The number of quaternary nitrogens is 1. The molecule has 0 aliphatic carbocycles. The Balaban J connectivity index is 4.11. The van der Waals surface area contributed by atoms with E-state index in [1.54, 1.807) is 0 Å². The Hall–Kier alpha value is -0.760. The van der Waals surface area contributed by atoms with Crippen molar-refractivity contribution in [1.29, 1.82) is 0 Å². The molecular weight excluding hydrogens is 864 g/mol. The maximum absolute atomic E-state index is 13.0. The standard InChI is InChI=1S/C59H119N2O6P/c1-6-8-10-12-14-16-18-20-22-24-26-28-29-30-31-33-35-37-39-41-43-45-47-49-51-53-59(63)60-57(56-67-68(64,65)66-55-54-61(3,4)5)58(62)52-50-48-46-44-42-40-38-36-34-32-27-25-23-21-19-17-15-13-11-9-7-2/h24,26,57-58,62H,6-23,25,27-56H2,1-5H3,(H-,60,63,64,65)/p+1/b26-24-. The first-order chi connectivity index (χ1) is 33.0. The smallest absolute Gasteiger partial charge is 0.391 e. The lowest BCUT2D eigenvalue weighted by molar-refractivity contribution is -0.870. The van der Waals surface area contributed by atoms with E-state index in [-0.39, 0.29) is 19.1 Å². The number of phosphoric ester groups is 1. The van der Waals surface area contributed by atoms with E-state index in [1.165, 1.54) is 244 Å². The number of amides is 1. The van der Waals surface area contributed by atoms with E-state index in [0.29, 0.717) is 23.9 Å². The average Bonchev–Trinajstić information content (AvgIpc) is 3.30. The van der Waals surface area contributed by atoms with Gasteiger partial charge in [0.2, 0.25) is 5.91 Å². The van der Waals surface area contributed by atoms with Crippen molar-refractivity contribution in [3.05, 3.63) is 12.2 Å². The summed E-state index contributed by atoms with van der Waals surface area (Å²) in [5.41, 5.74) is 0. The Morgan fingerprint density at radius 1 is 0.485 bits per heavy atom. The number of carbonyl (C=O) groups excluding carboxylic acids is 1. The van der Waals surface area contributed by atoms with Crippen molar-refractivity contribution in [1.82, 2.24) is 5.32 Å². The van der Waals surface area contributed by atoms with Gasteiger partial charge in [0.15, 0.2) is 0 Å². The van der Waals surface area contributed by atoms with Crippen molar-refractivity contribution in [2.75, 3.05) is 40.9 Å². The van der Waals surface area contributed by atoms with Gasteiger partial charge in [0.25, 0.3) is 0 Å². The van der Waals surface area contributed by atoms with Crippen molar-refractivity contribution in [2.24, 2.45) is 0 Å². The van der Waals surface area contributed by atoms with Gasteiger partial charge in [0.1, 0.15) is 13.2 Å². The van der Waals surface area contributed by atoms with Crippen molar-refractivity contribution in [3.8, 4) is 0 Å². The first-order valence-electron chi connectivity index (χ1n) is 30.1. The summed E-state index contributed by atoms with van der Waals surface area (Å²) in [5.74, 6) is -0.138. The van der Waals surface area contributed by atoms with Gasteiger partial charge in [0.05, 0.1) is 39.9 Å². The van der Waals surface area contributed by atoms with E-state index in [9.17, 15) is 19.4 Å². The molecule has 0 radical (unpaired) electrons. The number of carbonyl (C=O) groups is 1. The van der Waals surface area contributed by atoms with Crippen LogP contribution in [0, 0.1) is 0 Å². The lowest BCUT2D eigenvalue weighted by Gasteiger charge is -2.26. The number of hydrogen-bond donors (Lipinski definition) is 3. The lowest BCUT2D eigenvalue weighted by atomic mass is 10.0. The van der Waals surface area contributed by atoms with Crippen molar-refractivity contribution in [3.63, 3.8) is 0 Å². The van der Waals surface area contributed by atoms with Crippen LogP contribution in [-0.2, 0) is 18.4 Å². The molecule has 0 aliphatic heterocycles. The van der Waals surface area contributed by atoms with E-state index in [2.05, 4.69) is 31.3 Å². The van der Waals surface area contributed by atoms with E-state index in [1.807, 2.05) is 21.1 Å². The lowest BCUT2D eigenvalue weighted by Crippen LogP contribution is -2.46. The normalized spacial score (nSPS) is 13.9. The minimum Gasteiger partial charge on any atom is -0.391 e. The Morgan fingerprint density at radius 3 is 1.13 bits per heavy atom. The van der Waals surface area contributed by atoms with Gasteiger partial charge in [-0.2, -0.15) is 0 Å². The number of aliphatic hydroxyl groups excluding tert-OH is 1. The molecule has 3 N–H and O–H groups in total. The summed E-state index contributed by atoms with van der Waals surface area (Å²) < 4.78 is 23.8. The Labute approximate surface area is 424 Å². The molecular formula is C59H120N2O6P+. The average molecular weight is 985 g/mol. The molecule has 68 heavy (non-hydrogen) atoms. The molecule has 0 bridgehead atoms. The highest BCUT2D eigenvalue weighted by atomic mass is 31.2. The maximum atomic E-state index is 13.0. The molecule has 0 rings (SSSR count). The van der Waals surface area contributed by atoms with Crippen molar-refractivity contribution < 1.29 is 32.9 Å². The highest BCUT2D eigenvalue weighted by Crippen LogP contribution is 2.43.